The summed E-state index contributed by atoms with van der Waals surface area (Å²) in [7, 11) is 0. The third-order valence-electron chi connectivity index (χ3n) is 4.21. The van der Waals surface area contributed by atoms with Crippen molar-refractivity contribution < 1.29 is 0 Å². The second kappa shape index (κ2) is 6.72. The van der Waals surface area contributed by atoms with Crippen molar-refractivity contribution in [3.8, 4) is 11.3 Å². The van der Waals surface area contributed by atoms with Gasteiger partial charge in [-0.25, -0.2) is 9.67 Å². The summed E-state index contributed by atoms with van der Waals surface area (Å²) in [6, 6.07) is 10.4. The number of hydrogen-bond acceptors (Lipinski definition) is 4. The molecule has 0 spiro atoms. The predicted octanol–water partition coefficient (Wildman–Crippen LogP) is 2.65. The second-order valence-corrected chi connectivity index (χ2v) is 5.85. The molecule has 0 N–H and O–H groups in total. The van der Waals surface area contributed by atoms with Crippen LogP contribution in [0.1, 0.15) is 18.5 Å². The summed E-state index contributed by atoms with van der Waals surface area (Å²) in [5.74, 6) is 0. The summed E-state index contributed by atoms with van der Waals surface area (Å²) in [6.45, 7) is 3.63. The van der Waals surface area contributed by atoms with E-state index < -0.39 is 0 Å². The molecule has 4 rings (SSSR count). The number of aromatic nitrogens is 7. The van der Waals surface area contributed by atoms with E-state index in [1.165, 1.54) is 5.56 Å². The molecule has 3 heterocycles. The first-order chi connectivity index (χ1) is 12.3. The molecule has 1 atom stereocenters. The maximum absolute atomic E-state index is 4.38. The van der Waals surface area contributed by atoms with Crippen LogP contribution in [-0.2, 0) is 13.1 Å². The van der Waals surface area contributed by atoms with Crippen LogP contribution in [0.15, 0.2) is 67.6 Å². The van der Waals surface area contributed by atoms with Crippen LogP contribution in [0.3, 0.4) is 0 Å². The molecule has 0 bridgehead atoms. The minimum Gasteiger partial charge on any atom is -0.335 e. The molecular weight excluding hydrogens is 314 g/mol. The fourth-order valence-electron chi connectivity index (χ4n) is 2.84. The van der Waals surface area contributed by atoms with Crippen LogP contribution in [0.2, 0.25) is 0 Å². The van der Waals surface area contributed by atoms with E-state index in [1.807, 2.05) is 63.2 Å². The van der Waals surface area contributed by atoms with Gasteiger partial charge in [0.25, 0.3) is 0 Å². The Morgan fingerprint density at radius 1 is 1.12 bits per heavy atom. The average molecular weight is 333 g/mol. The predicted molar refractivity (Wildman–Crippen MR) is 93.7 cm³/mol. The van der Waals surface area contributed by atoms with Crippen LogP contribution in [0, 0.1) is 0 Å². The van der Waals surface area contributed by atoms with Crippen molar-refractivity contribution in [1.82, 2.24) is 34.3 Å². The number of aryl methyl sites for hydroxylation is 1. The largest absolute Gasteiger partial charge is 0.335 e. The molecule has 0 aliphatic rings. The van der Waals surface area contributed by atoms with E-state index in [2.05, 4.69) is 39.5 Å². The van der Waals surface area contributed by atoms with E-state index in [4.69, 9.17) is 0 Å². The van der Waals surface area contributed by atoms with E-state index >= 15 is 0 Å². The molecule has 25 heavy (non-hydrogen) atoms. The Balaban J connectivity index is 1.67. The summed E-state index contributed by atoms with van der Waals surface area (Å²) >= 11 is 0. The van der Waals surface area contributed by atoms with Gasteiger partial charge in [0.05, 0.1) is 31.3 Å². The van der Waals surface area contributed by atoms with Crippen LogP contribution < -0.4 is 0 Å². The van der Waals surface area contributed by atoms with E-state index in [1.54, 1.807) is 6.20 Å². The third-order valence-corrected chi connectivity index (χ3v) is 4.21. The zero-order valence-electron chi connectivity index (χ0n) is 14.0. The van der Waals surface area contributed by atoms with E-state index in [0.29, 0.717) is 0 Å². The Labute approximate surface area is 145 Å². The minimum absolute atomic E-state index is 0.0397. The van der Waals surface area contributed by atoms with Crippen molar-refractivity contribution in [2.75, 3.05) is 0 Å². The van der Waals surface area contributed by atoms with Crippen LogP contribution >= 0.6 is 0 Å². The van der Waals surface area contributed by atoms with Gasteiger partial charge < -0.3 is 4.57 Å². The van der Waals surface area contributed by atoms with Gasteiger partial charge >= 0.3 is 0 Å². The lowest BCUT2D eigenvalue weighted by Gasteiger charge is -2.17. The molecule has 7 nitrogen and oxygen atoms in total. The van der Waals surface area contributed by atoms with Gasteiger partial charge in [0.15, 0.2) is 0 Å². The Morgan fingerprint density at radius 3 is 2.72 bits per heavy atom. The van der Waals surface area contributed by atoms with Gasteiger partial charge in [-0.3, -0.25) is 4.68 Å². The maximum Gasteiger partial charge on any atom is 0.116 e. The number of nitrogens with zero attached hydrogens (tertiary/aromatic N) is 7. The van der Waals surface area contributed by atoms with Gasteiger partial charge in [-0.2, -0.15) is 5.10 Å². The molecule has 126 valence electrons. The molecule has 0 aliphatic carbocycles. The highest BCUT2D eigenvalue weighted by Gasteiger charge is 2.17. The van der Waals surface area contributed by atoms with Crippen molar-refractivity contribution in [2.24, 2.45) is 0 Å². The summed E-state index contributed by atoms with van der Waals surface area (Å²) < 4.78 is 5.84. The Kier molecular flexibility index (Phi) is 4.12. The van der Waals surface area contributed by atoms with Crippen molar-refractivity contribution in [2.45, 2.75) is 26.1 Å². The lowest BCUT2D eigenvalue weighted by Crippen LogP contribution is -2.17. The molecule has 0 amide bonds. The van der Waals surface area contributed by atoms with Crippen molar-refractivity contribution in [3.63, 3.8) is 0 Å². The number of hydrogen-bond donors (Lipinski definition) is 0. The Bertz CT molecular complexity index is 921. The van der Waals surface area contributed by atoms with E-state index in [0.717, 1.165) is 24.3 Å². The zero-order valence-corrected chi connectivity index (χ0v) is 14.0. The average Bonchev–Trinajstić information content (AvgIpc) is 3.41. The number of benzene rings is 1. The van der Waals surface area contributed by atoms with Crippen molar-refractivity contribution in [1.29, 1.82) is 0 Å². The molecule has 0 saturated carbocycles. The second-order valence-electron chi connectivity index (χ2n) is 5.85. The number of rotatable bonds is 6. The van der Waals surface area contributed by atoms with Gasteiger partial charge in [0.1, 0.15) is 5.69 Å². The quantitative estimate of drug-likeness (QED) is 0.544. The molecule has 7 heteroatoms. The lowest BCUT2D eigenvalue weighted by molar-refractivity contribution is 0.443. The van der Waals surface area contributed by atoms with Crippen molar-refractivity contribution >= 4 is 0 Å². The molecule has 1 aromatic carbocycles. The fraction of sp³-hybridized carbons (Fsp3) is 0.222. The molecule has 0 saturated heterocycles. The normalized spacial score (nSPS) is 12.4. The molecular formula is C18H19N7. The maximum atomic E-state index is 4.38. The summed E-state index contributed by atoms with van der Waals surface area (Å²) in [5.41, 5.74) is 2.98. The Morgan fingerprint density at radius 2 is 2.00 bits per heavy atom. The highest BCUT2D eigenvalue weighted by Crippen LogP contribution is 2.22. The molecule has 0 radical (unpaired) electrons. The summed E-state index contributed by atoms with van der Waals surface area (Å²) in [5, 5.41) is 13.0. The topological polar surface area (TPSA) is 66.3 Å². The van der Waals surface area contributed by atoms with Gasteiger partial charge in [0.2, 0.25) is 0 Å². The van der Waals surface area contributed by atoms with Crippen LogP contribution in [0.4, 0.5) is 0 Å². The summed E-state index contributed by atoms with van der Waals surface area (Å²) in [4.78, 5) is 4.13. The SMILES string of the molecule is CCn1cc(-c2cn([C@@H](Cn3ccnc3)c3ccccc3)nn2)cn1. The first-order valence-electron chi connectivity index (χ1n) is 8.29. The fourth-order valence-corrected chi connectivity index (χ4v) is 2.84. The van der Waals surface area contributed by atoms with E-state index in [9.17, 15) is 0 Å². The molecule has 0 fully saturated rings. The van der Waals surface area contributed by atoms with Crippen LogP contribution in [-0.4, -0.2) is 34.3 Å². The molecule has 3 aromatic heterocycles. The lowest BCUT2D eigenvalue weighted by atomic mass is 10.1. The highest BCUT2D eigenvalue weighted by atomic mass is 15.4. The van der Waals surface area contributed by atoms with Crippen LogP contribution in [0.5, 0.6) is 0 Å². The minimum atomic E-state index is 0.0397. The highest BCUT2D eigenvalue weighted by molar-refractivity contribution is 5.55. The standard InChI is InChI=1S/C18H19N7/c1-2-24-11-16(10-20-24)17-12-25(22-21-17)18(13-23-9-8-19-14-23)15-6-4-3-5-7-15/h3-12,14,18H,2,13H2,1H3/t18-/m0/s1. The van der Waals surface area contributed by atoms with Gasteiger partial charge in [-0.15, -0.1) is 5.10 Å². The van der Waals surface area contributed by atoms with Crippen molar-refractivity contribution in [3.05, 3.63) is 73.2 Å². The summed E-state index contributed by atoms with van der Waals surface area (Å²) in [6.07, 6.45) is 11.4. The van der Waals surface area contributed by atoms with Gasteiger partial charge in [0, 0.05) is 30.7 Å². The molecule has 0 unspecified atom stereocenters. The number of imidazole rings is 1. The van der Waals surface area contributed by atoms with E-state index in [-0.39, 0.29) is 6.04 Å². The molecule has 4 aromatic rings. The monoisotopic (exact) mass is 333 g/mol. The Hall–Kier alpha value is -3.22. The van der Waals surface area contributed by atoms with Gasteiger partial charge in [-0.05, 0) is 12.5 Å². The van der Waals surface area contributed by atoms with Gasteiger partial charge in [-0.1, -0.05) is 35.5 Å². The molecule has 0 aliphatic heterocycles. The first kappa shape index (κ1) is 15.3. The van der Waals surface area contributed by atoms with Crippen LogP contribution in [0.25, 0.3) is 11.3 Å². The first-order valence-corrected chi connectivity index (χ1v) is 8.29. The third kappa shape index (κ3) is 3.21. The zero-order chi connectivity index (χ0) is 17.1. The smallest absolute Gasteiger partial charge is 0.116 e.